The molecule has 6 atom stereocenters. The summed E-state index contributed by atoms with van der Waals surface area (Å²) in [5, 5.41) is 41.0. The van der Waals surface area contributed by atoms with Crippen molar-refractivity contribution >= 4 is 6.09 Å². The molecule has 39 heavy (non-hydrogen) atoms. The molecule has 2 rings (SSSR count). The van der Waals surface area contributed by atoms with Gasteiger partial charge in [-0.05, 0) is 56.3 Å². The van der Waals surface area contributed by atoms with Crippen molar-refractivity contribution < 1.29 is 34.7 Å². The number of aliphatic hydroxyl groups excluding tert-OH is 4. The van der Waals surface area contributed by atoms with Gasteiger partial charge in [-0.1, -0.05) is 85.5 Å². The molecule has 0 spiro atoms. The summed E-state index contributed by atoms with van der Waals surface area (Å²) >= 11 is 0. The topological polar surface area (TPSA) is 120 Å². The molecule has 0 aromatic carbocycles. The van der Waals surface area contributed by atoms with Gasteiger partial charge in [-0.2, -0.15) is 0 Å². The Hall–Kier alpha value is -0.930. The average Bonchev–Trinajstić information content (AvgIpc) is 2.90. The van der Waals surface area contributed by atoms with Crippen LogP contribution in [0.25, 0.3) is 0 Å². The summed E-state index contributed by atoms with van der Waals surface area (Å²) in [7, 11) is 0. The van der Waals surface area contributed by atoms with E-state index in [-0.39, 0.29) is 17.4 Å². The standard InChI is InChI=1S/C31H59NO7/c1-6-7-8-9-10-11-12-13-14-15-20-32(29-28(36)27(35)26(34)25(21-33)39-29)30(37)38-22(2)23-16-18-24(19-17-23)31(3,4)5/h22-29,33-36H,6-21H2,1-5H3/t22?,23?,24?,25-,26-,27+,28-,29?/m1/s1. The van der Waals surface area contributed by atoms with Crippen LogP contribution in [0.4, 0.5) is 4.79 Å². The smallest absolute Gasteiger partial charge is 0.412 e. The molecule has 1 saturated carbocycles. The molecule has 1 amide bonds. The third-order valence-corrected chi connectivity index (χ3v) is 9.11. The predicted molar refractivity (Wildman–Crippen MR) is 153 cm³/mol. The number of unbranched alkanes of at least 4 members (excludes halogenated alkanes) is 9. The van der Waals surface area contributed by atoms with E-state index >= 15 is 0 Å². The number of hydrogen-bond donors (Lipinski definition) is 4. The minimum atomic E-state index is -1.53. The van der Waals surface area contributed by atoms with Gasteiger partial charge < -0.3 is 29.9 Å². The lowest BCUT2D eigenvalue weighted by molar-refractivity contribution is -0.260. The van der Waals surface area contributed by atoms with Crippen molar-refractivity contribution in [3.63, 3.8) is 0 Å². The maximum Gasteiger partial charge on any atom is 0.412 e. The van der Waals surface area contributed by atoms with Gasteiger partial charge in [0.2, 0.25) is 0 Å². The highest BCUT2D eigenvalue weighted by molar-refractivity contribution is 5.68. The first-order valence-corrected chi connectivity index (χ1v) is 15.8. The second-order valence-electron chi connectivity index (χ2n) is 13.2. The molecule has 0 radical (unpaired) electrons. The van der Waals surface area contributed by atoms with Gasteiger partial charge in [0.15, 0.2) is 6.23 Å². The minimum absolute atomic E-state index is 0.278. The number of ether oxygens (including phenoxy) is 2. The number of amides is 1. The van der Waals surface area contributed by atoms with E-state index in [1.54, 1.807) is 0 Å². The van der Waals surface area contributed by atoms with Crippen LogP contribution < -0.4 is 0 Å². The van der Waals surface area contributed by atoms with Crippen LogP contribution in [0.2, 0.25) is 0 Å². The highest BCUT2D eigenvalue weighted by Crippen LogP contribution is 2.41. The maximum absolute atomic E-state index is 13.4. The van der Waals surface area contributed by atoms with Crippen LogP contribution in [0.5, 0.6) is 0 Å². The van der Waals surface area contributed by atoms with E-state index < -0.39 is 43.3 Å². The summed E-state index contributed by atoms with van der Waals surface area (Å²) in [6.07, 6.45) is 8.14. The van der Waals surface area contributed by atoms with E-state index in [2.05, 4.69) is 27.7 Å². The Balaban J connectivity index is 1.94. The largest absolute Gasteiger partial charge is 0.446 e. The average molecular weight is 558 g/mol. The maximum atomic E-state index is 13.4. The van der Waals surface area contributed by atoms with Crippen molar-refractivity contribution in [2.75, 3.05) is 13.2 Å². The summed E-state index contributed by atoms with van der Waals surface area (Å²) < 4.78 is 11.7. The molecule has 1 aliphatic carbocycles. The van der Waals surface area contributed by atoms with Crippen LogP contribution in [0.15, 0.2) is 0 Å². The van der Waals surface area contributed by atoms with Gasteiger partial charge in [-0.3, -0.25) is 4.90 Å². The third-order valence-electron chi connectivity index (χ3n) is 9.11. The van der Waals surface area contributed by atoms with E-state index in [0.29, 0.717) is 18.9 Å². The molecule has 1 heterocycles. The molecule has 230 valence electrons. The Bertz CT molecular complexity index is 674. The van der Waals surface area contributed by atoms with Gasteiger partial charge in [0, 0.05) is 6.54 Å². The third kappa shape index (κ3) is 10.8. The van der Waals surface area contributed by atoms with E-state index in [1.807, 2.05) is 6.92 Å². The number of aliphatic hydroxyl groups is 4. The first-order chi connectivity index (χ1) is 18.5. The van der Waals surface area contributed by atoms with Gasteiger partial charge >= 0.3 is 6.09 Å². The van der Waals surface area contributed by atoms with Crippen molar-refractivity contribution in [2.45, 2.75) is 161 Å². The molecule has 0 bridgehead atoms. The van der Waals surface area contributed by atoms with E-state index in [1.165, 1.54) is 43.4 Å². The van der Waals surface area contributed by atoms with Gasteiger partial charge in [0.1, 0.15) is 30.5 Å². The highest BCUT2D eigenvalue weighted by atomic mass is 16.6. The van der Waals surface area contributed by atoms with E-state index in [0.717, 1.165) is 44.9 Å². The minimum Gasteiger partial charge on any atom is -0.446 e. The molecular formula is C31H59NO7. The first kappa shape index (κ1) is 34.3. The normalized spacial score (nSPS) is 30.6. The molecule has 2 fully saturated rings. The fourth-order valence-electron chi connectivity index (χ4n) is 6.21. The summed E-state index contributed by atoms with van der Waals surface area (Å²) in [5.41, 5.74) is 0.278. The number of nitrogens with zero attached hydrogens (tertiary/aromatic N) is 1. The lowest BCUT2D eigenvalue weighted by Gasteiger charge is -2.44. The fraction of sp³-hybridized carbons (Fsp3) is 0.968. The van der Waals surface area contributed by atoms with Crippen molar-refractivity contribution in [1.29, 1.82) is 0 Å². The van der Waals surface area contributed by atoms with Gasteiger partial charge in [0.25, 0.3) is 0 Å². The Morgan fingerprint density at radius 2 is 1.41 bits per heavy atom. The molecular weight excluding hydrogens is 498 g/mol. The van der Waals surface area contributed by atoms with Crippen molar-refractivity contribution in [3.05, 3.63) is 0 Å². The second kappa shape index (κ2) is 17.1. The highest BCUT2D eigenvalue weighted by Gasteiger charge is 2.47. The fourth-order valence-corrected chi connectivity index (χ4v) is 6.21. The zero-order chi connectivity index (χ0) is 29.0. The van der Waals surface area contributed by atoms with Gasteiger partial charge in [0.05, 0.1) is 6.61 Å². The van der Waals surface area contributed by atoms with Crippen LogP contribution in [0, 0.1) is 17.3 Å². The van der Waals surface area contributed by atoms with E-state index in [4.69, 9.17) is 9.47 Å². The SMILES string of the molecule is CCCCCCCCCCCCN(C(=O)OC(C)C1CCC(C(C)(C)C)CC1)C1O[C@H](CO)[C@@H](O)[C@H](O)[C@H]1O. The summed E-state index contributed by atoms with van der Waals surface area (Å²) in [5.74, 6) is 0.945. The van der Waals surface area contributed by atoms with Crippen LogP contribution in [-0.4, -0.2) is 81.3 Å². The summed E-state index contributed by atoms with van der Waals surface area (Å²) in [4.78, 5) is 14.8. The van der Waals surface area contributed by atoms with Crippen molar-refractivity contribution in [3.8, 4) is 0 Å². The molecule has 8 heteroatoms. The molecule has 2 aliphatic rings. The summed E-state index contributed by atoms with van der Waals surface area (Å²) in [6, 6.07) is 0. The second-order valence-corrected chi connectivity index (χ2v) is 13.2. The molecule has 1 saturated heterocycles. The Kier molecular flexibility index (Phi) is 15.0. The zero-order valence-corrected chi connectivity index (χ0v) is 25.4. The molecule has 4 N–H and O–H groups in total. The van der Waals surface area contributed by atoms with Gasteiger partial charge in [-0.25, -0.2) is 4.79 Å². The van der Waals surface area contributed by atoms with Crippen LogP contribution >= 0.6 is 0 Å². The first-order valence-electron chi connectivity index (χ1n) is 15.8. The number of carbonyl (C=O) groups is 1. The van der Waals surface area contributed by atoms with Crippen molar-refractivity contribution in [1.82, 2.24) is 4.90 Å². The molecule has 0 aromatic heterocycles. The van der Waals surface area contributed by atoms with Crippen LogP contribution in [0.3, 0.4) is 0 Å². The zero-order valence-electron chi connectivity index (χ0n) is 25.4. The van der Waals surface area contributed by atoms with Crippen LogP contribution in [-0.2, 0) is 9.47 Å². The Morgan fingerprint density at radius 1 is 0.872 bits per heavy atom. The Labute approximate surface area is 237 Å². The molecule has 2 unspecified atom stereocenters. The summed E-state index contributed by atoms with van der Waals surface area (Å²) in [6.45, 7) is 10.8. The van der Waals surface area contributed by atoms with Crippen LogP contribution in [0.1, 0.15) is 125 Å². The number of rotatable bonds is 15. The Morgan fingerprint density at radius 3 is 1.92 bits per heavy atom. The lowest BCUT2D eigenvalue weighted by atomic mass is 9.69. The van der Waals surface area contributed by atoms with E-state index in [9.17, 15) is 25.2 Å². The lowest BCUT2D eigenvalue weighted by Crippen LogP contribution is -2.64. The molecule has 0 aromatic rings. The number of carbonyl (C=O) groups excluding carboxylic acids is 1. The quantitative estimate of drug-likeness (QED) is 0.199. The van der Waals surface area contributed by atoms with Crippen molar-refractivity contribution in [2.24, 2.45) is 17.3 Å². The monoisotopic (exact) mass is 557 g/mol. The molecule has 8 nitrogen and oxygen atoms in total. The molecule has 1 aliphatic heterocycles. The predicted octanol–water partition coefficient (Wildman–Crippen LogP) is 5.39. The number of hydrogen-bond acceptors (Lipinski definition) is 7. The van der Waals surface area contributed by atoms with Gasteiger partial charge in [-0.15, -0.1) is 0 Å².